The first-order valence-electron chi connectivity index (χ1n) is 6.26. The lowest BCUT2D eigenvalue weighted by Gasteiger charge is -2.19. The third-order valence-electron chi connectivity index (χ3n) is 2.86. The summed E-state index contributed by atoms with van der Waals surface area (Å²) in [6, 6.07) is 5.48. The van der Waals surface area contributed by atoms with Gasteiger partial charge in [0.05, 0.1) is 11.4 Å². The minimum absolute atomic E-state index is 0.127. The highest BCUT2D eigenvalue weighted by atomic mass is 35.5. The van der Waals surface area contributed by atoms with Crippen LogP contribution in [-0.4, -0.2) is 16.1 Å². The highest BCUT2D eigenvalue weighted by molar-refractivity contribution is 6.31. The third kappa shape index (κ3) is 3.97. The molecule has 0 saturated heterocycles. The predicted molar refractivity (Wildman–Crippen MR) is 82.9 cm³/mol. The zero-order chi connectivity index (χ0) is 17.9. The maximum absolute atomic E-state index is 12.5. The topological polar surface area (TPSA) is 110 Å². The number of hydrogen-bond acceptors (Lipinski definition) is 7. The lowest BCUT2D eigenvalue weighted by Crippen LogP contribution is -2.30. The van der Waals surface area contributed by atoms with Crippen molar-refractivity contribution >= 4 is 23.1 Å². The van der Waals surface area contributed by atoms with Crippen molar-refractivity contribution in [3.8, 4) is 11.3 Å². The van der Waals surface area contributed by atoms with Crippen LogP contribution in [-0.2, 0) is 0 Å². The maximum Gasteiger partial charge on any atom is 0.432 e. The third-order valence-corrected chi connectivity index (χ3v) is 3.10. The van der Waals surface area contributed by atoms with Crippen LogP contribution >= 0.6 is 11.6 Å². The van der Waals surface area contributed by atoms with E-state index >= 15 is 0 Å². The first-order valence-corrected chi connectivity index (χ1v) is 6.64. The van der Waals surface area contributed by atoms with Crippen LogP contribution in [0.2, 0.25) is 5.02 Å². The van der Waals surface area contributed by atoms with E-state index in [9.17, 15) is 18.1 Å². The van der Waals surface area contributed by atoms with Crippen molar-refractivity contribution < 1.29 is 13.2 Å². The molecular weight excluding hydrogens is 349 g/mol. The van der Waals surface area contributed by atoms with E-state index in [1.54, 1.807) is 0 Å². The number of hydrogen-bond donors (Lipinski definition) is 2. The summed E-state index contributed by atoms with van der Waals surface area (Å²) in [5, 5.41) is 3.65. The van der Waals surface area contributed by atoms with Crippen molar-refractivity contribution in [2.45, 2.75) is 6.18 Å². The van der Waals surface area contributed by atoms with E-state index in [1.165, 1.54) is 24.3 Å². The van der Waals surface area contributed by atoms with Crippen LogP contribution in [0.3, 0.4) is 0 Å². The molecule has 0 aliphatic heterocycles. The summed E-state index contributed by atoms with van der Waals surface area (Å²) in [6.07, 6.45) is -3.13. The van der Waals surface area contributed by atoms with Crippen molar-refractivity contribution in [1.29, 1.82) is 0 Å². The van der Waals surface area contributed by atoms with Gasteiger partial charge in [-0.15, -0.1) is 4.91 Å². The number of allylic oxidation sites excluding steroid dienone is 1. The second-order valence-corrected chi connectivity index (χ2v) is 4.94. The summed E-state index contributed by atoms with van der Waals surface area (Å²) in [5.74, 6) is 5.50. The van der Waals surface area contributed by atoms with Gasteiger partial charge in [0.15, 0.2) is 5.82 Å². The summed E-state index contributed by atoms with van der Waals surface area (Å²) in [7, 11) is 0. The number of nitroso groups, excluding NO2 is 1. The molecule has 4 N–H and O–H groups in total. The van der Waals surface area contributed by atoms with Crippen LogP contribution in [0.5, 0.6) is 0 Å². The van der Waals surface area contributed by atoms with Crippen molar-refractivity contribution in [3.63, 3.8) is 0 Å². The molecule has 24 heavy (non-hydrogen) atoms. The molecule has 2 aromatic rings. The molecule has 0 fully saturated rings. The minimum Gasteiger partial charge on any atom is -0.393 e. The Balaban J connectivity index is 2.54. The summed E-state index contributed by atoms with van der Waals surface area (Å²) in [4.78, 5) is 18.1. The number of benzene rings is 1. The molecule has 0 aliphatic rings. The number of nitrogens with zero attached hydrogens (tertiary/aromatic N) is 4. The quantitative estimate of drug-likeness (QED) is 0.493. The molecule has 11 heteroatoms. The normalized spacial score (nSPS) is 12.1. The second kappa shape index (κ2) is 6.81. The number of hydrazine groups is 1. The molecule has 126 valence electrons. The standard InChI is InChI=1S/C13H10ClF3N6O/c14-7-1-2-10(23(19)5-11(18)13(15,16)17)8(3-7)9-4-12(22-24)21-6-20-9/h1-6H,18-19H2/b11-5-. The smallest absolute Gasteiger partial charge is 0.393 e. The van der Waals surface area contributed by atoms with Crippen LogP contribution in [0.1, 0.15) is 0 Å². The van der Waals surface area contributed by atoms with Gasteiger partial charge in [-0.2, -0.15) is 13.2 Å². The van der Waals surface area contributed by atoms with Crippen LogP contribution in [0, 0.1) is 4.91 Å². The molecule has 1 heterocycles. The summed E-state index contributed by atoms with van der Waals surface area (Å²) in [6.45, 7) is 0. The number of nitrogens with two attached hydrogens (primary N) is 2. The van der Waals surface area contributed by atoms with E-state index in [0.29, 0.717) is 11.2 Å². The molecule has 0 saturated carbocycles. The number of anilines is 1. The molecule has 0 spiro atoms. The number of halogens is 4. The highest BCUT2D eigenvalue weighted by Crippen LogP contribution is 2.33. The Morgan fingerprint density at radius 1 is 1.29 bits per heavy atom. The monoisotopic (exact) mass is 358 g/mol. The van der Waals surface area contributed by atoms with E-state index in [1.807, 2.05) is 0 Å². The maximum atomic E-state index is 12.5. The Morgan fingerprint density at radius 2 is 2.00 bits per heavy atom. The van der Waals surface area contributed by atoms with Gasteiger partial charge in [-0.05, 0) is 23.4 Å². The lowest BCUT2D eigenvalue weighted by molar-refractivity contribution is -0.0928. The fourth-order valence-electron chi connectivity index (χ4n) is 1.78. The first kappa shape index (κ1) is 17.6. The molecular formula is C13H10ClF3N6O. The van der Waals surface area contributed by atoms with Crippen LogP contribution in [0.15, 0.2) is 47.7 Å². The molecule has 0 amide bonds. The highest BCUT2D eigenvalue weighted by Gasteiger charge is 2.32. The average molecular weight is 359 g/mol. The van der Waals surface area contributed by atoms with E-state index in [0.717, 1.165) is 6.33 Å². The Kier molecular flexibility index (Phi) is 5.00. The Labute approximate surface area is 138 Å². The average Bonchev–Trinajstić information content (AvgIpc) is 2.53. The first-order chi connectivity index (χ1) is 11.2. The van der Waals surface area contributed by atoms with Crippen molar-refractivity contribution in [2.75, 3.05) is 5.01 Å². The molecule has 0 unspecified atom stereocenters. The largest absolute Gasteiger partial charge is 0.432 e. The Bertz CT molecular complexity index is 796. The van der Waals surface area contributed by atoms with Gasteiger partial charge in [0, 0.05) is 22.9 Å². The Hall–Kier alpha value is -2.72. The van der Waals surface area contributed by atoms with Crippen molar-refractivity contribution in [2.24, 2.45) is 16.8 Å². The van der Waals surface area contributed by atoms with E-state index in [4.69, 9.17) is 23.2 Å². The molecule has 0 atom stereocenters. The minimum atomic E-state index is -4.73. The molecule has 1 aromatic heterocycles. The summed E-state index contributed by atoms with van der Waals surface area (Å²) < 4.78 is 37.6. The molecule has 0 aliphatic carbocycles. The Morgan fingerprint density at radius 3 is 2.62 bits per heavy atom. The van der Waals surface area contributed by atoms with Gasteiger partial charge in [0.25, 0.3) is 0 Å². The summed E-state index contributed by atoms with van der Waals surface area (Å²) >= 11 is 5.92. The van der Waals surface area contributed by atoms with Gasteiger partial charge < -0.3 is 5.73 Å². The van der Waals surface area contributed by atoms with Crippen LogP contribution in [0.25, 0.3) is 11.3 Å². The number of aromatic nitrogens is 2. The molecule has 0 radical (unpaired) electrons. The zero-order valence-electron chi connectivity index (χ0n) is 11.8. The van der Waals surface area contributed by atoms with Gasteiger partial charge in [-0.3, -0.25) is 5.01 Å². The molecule has 7 nitrogen and oxygen atoms in total. The van der Waals surface area contributed by atoms with Crippen LogP contribution < -0.4 is 16.6 Å². The van der Waals surface area contributed by atoms with Gasteiger partial charge in [-0.25, -0.2) is 15.8 Å². The SMILES string of the molecule is N/C(=C\N(N)c1ccc(Cl)cc1-c1cc(N=O)ncn1)C(F)(F)F. The summed E-state index contributed by atoms with van der Waals surface area (Å²) in [5.41, 5.74) is 4.17. The molecule has 2 rings (SSSR count). The molecule has 0 bridgehead atoms. The fourth-order valence-corrected chi connectivity index (χ4v) is 1.95. The number of rotatable bonds is 4. The fraction of sp³-hybridized carbons (Fsp3) is 0.0769. The van der Waals surface area contributed by atoms with Gasteiger partial charge in [-0.1, -0.05) is 11.6 Å². The molecule has 1 aromatic carbocycles. The van der Waals surface area contributed by atoms with Gasteiger partial charge >= 0.3 is 6.18 Å². The van der Waals surface area contributed by atoms with Gasteiger partial charge in [0.1, 0.15) is 12.0 Å². The lowest BCUT2D eigenvalue weighted by atomic mass is 10.1. The van der Waals surface area contributed by atoms with E-state index < -0.39 is 11.9 Å². The van der Waals surface area contributed by atoms with E-state index in [-0.39, 0.29) is 27.8 Å². The van der Waals surface area contributed by atoms with Gasteiger partial charge in [0.2, 0.25) is 0 Å². The van der Waals surface area contributed by atoms with E-state index in [2.05, 4.69) is 15.1 Å². The second-order valence-electron chi connectivity index (χ2n) is 4.50. The van der Waals surface area contributed by atoms with Crippen LogP contribution in [0.4, 0.5) is 24.7 Å². The van der Waals surface area contributed by atoms with Crippen molar-refractivity contribution in [1.82, 2.24) is 9.97 Å². The predicted octanol–water partition coefficient (Wildman–Crippen LogP) is 3.24. The van der Waals surface area contributed by atoms with Crippen molar-refractivity contribution in [3.05, 3.63) is 52.4 Å². The zero-order valence-corrected chi connectivity index (χ0v) is 12.6. The number of alkyl halides is 3.